The van der Waals surface area contributed by atoms with Gasteiger partial charge in [-0.25, -0.2) is 9.37 Å². The van der Waals surface area contributed by atoms with Crippen molar-refractivity contribution in [3.63, 3.8) is 0 Å². The number of aromatic nitrogens is 2. The van der Waals surface area contributed by atoms with E-state index in [-0.39, 0.29) is 5.56 Å². The summed E-state index contributed by atoms with van der Waals surface area (Å²) in [6.45, 7) is 1.17. The lowest BCUT2D eigenvalue weighted by atomic mass is 9.96. The van der Waals surface area contributed by atoms with Crippen LogP contribution in [0.5, 0.6) is 0 Å². The molecule has 22 heavy (non-hydrogen) atoms. The van der Waals surface area contributed by atoms with Crippen molar-refractivity contribution in [2.24, 2.45) is 0 Å². The largest absolute Gasteiger partial charge is 0.417 e. The van der Waals surface area contributed by atoms with Crippen LogP contribution in [-0.4, -0.2) is 9.97 Å². The molecule has 0 fully saturated rings. The van der Waals surface area contributed by atoms with E-state index in [1.165, 1.54) is 6.92 Å². The molecule has 0 atom stereocenters. The van der Waals surface area contributed by atoms with Gasteiger partial charge in [-0.3, -0.25) is 0 Å². The van der Waals surface area contributed by atoms with Crippen LogP contribution in [0, 0.1) is 24.1 Å². The van der Waals surface area contributed by atoms with Crippen LogP contribution < -0.4 is 11.5 Å². The van der Waals surface area contributed by atoms with Crippen molar-refractivity contribution in [1.82, 2.24) is 9.97 Å². The Hall–Kier alpha value is -2.89. The minimum atomic E-state index is -4.84. The van der Waals surface area contributed by atoms with E-state index in [9.17, 15) is 17.6 Å². The van der Waals surface area contributed by atoms with Gasteiger partial charge >= 0.3 is 6.18 Å². The summed E-state index contributed by atoms with van der Waals surface area (Å²) in [6, 6.07) is 3.42. The third kappa shape index (κ3) is 2.50. The van der Waals surface area contributed by atoms with E-state index in [4.69, 9.17) is 16.7 Å². The maximum absolute atomic E-state index is 14.1. The van der Waals surface area contributed by atoms with Crippen molar-refractivity contribution in [3.05, 3.63) is 34.6 Å². The predicted octanol–water partition coefficient (Wildman–Crippen LogP) is 2.65. The molecule has 0 unspecified atom stereocenters. The Kier molecular flexibility index (Phi) is 3.62. The van der Waals surface area contributed by atoms with Crippen LogP contribution in [0.2, 0.25) is 0 Å². The van der Waals surface area contributed by atoms with Crippen LogP contribution >= 0.6 is 0 Å². The van der Waals surface area contributed by atoms with Gasteiger partial charge in [0.05, 0.1) is 16.8 Å². The minimum absolute atomic E-state index is 0.219. The molecule has 2 rings (SSSR count). The number of nitrogens with two attached hydrogens (primary N) is 2. The Balaban J connectivity index is 2.97. The number of aryl methyl sites for hydroxylation is 1. The molecular weight excluding hydrogens is 302 g/mol. The molecule has 0 amide bonds. The summed E-state index contributed by atoms with van der Waals surface area (Å²) in [5.41, 5.74) is 7.44. The number of hydrogen-bond acceptors (Lipinski definition) is 5. The number of hydrogen-bond donors (Lipinski definition) is 2. The summed E-state index contributed by atoms with van der Waals surface area (Å²) in [7, 11) is 0. The van der Waals surface area contributed by atoms with Crippen LogP contribution in [-0.2, 0) is 6.18 Å². The van der Waals surface area contributed by atoms with Crippen LogP contribution in [0.1, 0.15) is 16.7 Å². The average molecular weight is 311 g/mol. The molecule has 2 aromatic rings. The molecule has 0 bridgehead atoms. The standard InChI is InChI=1S/C13H9F4N5/c1-5-2-3-7(14)8(9(5)13(15,16)17)10-6(4-18)11(19)22-12(20)21-10/h2-3H,1H3,(H4,19,20,21,22). The molecule has 0 aliphatic rings. The Morgan fingerprint density at radius 2 is 1.82 bits per heavy atom. The highest BCUT2D eigenvalue weighted by atomic mass is 19.4. The quantitative estimate of drug-likeness (QED) is 0.788. The Labute approximate surface area is 122 Å². The number of alkyl halides is 3. The summed E-state index contributed by atoms with van der Waals surface area (Å²) < 4.78 is 53.8. The highest BCUT2D eigenvalue weighted by molar-refractivity contribution is 5.76. The van der Waals surface area contributed by atoms with E-state index < -0.39 is 46.1 Å². The number of nitrogen functional groups attached to an aromatic ring is 2. The van der Waals surface area contributed by atoms with Crippen molar-refractivity contribution < 1.29 is 17.6 Å². The highest BCUT2D eigenvalue weighted by Gasteiger charge is 2.38. The maximum Gasteiger partial charge on any atom is 0.417 e. The highest BCUT2D eigenvalue weighted by Crippen LogP contribution is 2.41. The number of benzene rings is 1. The minimum Gasteiger partial charge on any atom is -0.382 e. The van der Waals surface area contributed by atoms with Gasteiger partial charge in [0.15, 0.2) is 0 Å². The molecule has 0 saturated carbocycles. The second kappa shape index (κ2) is 5.14. The number of halogens is 4. The third-order valence-corrected chi connectivity index (χ3v) is 2.95. The molecule has 5 nitrogen and oxygen atoms in total. The fourth-order valence-electron chi connectivity index (χ4n) is 2.07. The van der Waals surface area contributed by atoms with E-state index in [0.29, 0.717) is 0 Å². The molecule has 0 radical (unpaired) electrons. The maximum atomic E-state index is 14.1. The summed E-state index contributed by atoms with van der Waals surface area (Å²) in [5.74, 6) is -2.06. The normalized spacial score (nSPS) is 11.3. The van der Waals surface area contributed by atoms with Crippen LogP contribution in [0.4, 0.5) is 29.3 Å². The lowest BCUT2D eigenvalue weighted by molar-refractivity contribution is -0.137. The zero-order chi connectivity index (χ0) is 16.7. The van der Waals surface area contributed by atoms with Gasteiger partial charge in [0.2, 0.25) is 5.95 Å². The smallest absolute Gasteiger partial charge is 0.382 e. The number of nitrogens with zero attached hydrogens (tertiary/aromatic N) is 3. The molecule has 1 aromatic heterocycles. The zero-order valence-corrected chi connectivity index (χ0v) is 11.2. The SMILES string of the molecule is Cc1ccc(F)c(-c2nc(N)nc(N)c2C#N)c1C(F)(F)F. The molecule has 4 N–H and O–H groups in total. The number of rotatable bonds is 1. The van der Waals surface area contributed by atoms with E-state index >= 15 is 0 Å². The molecule has 0 aliphatic carbocycles. The first-order chi connectivity index (χ1) is 10.2. The summed E-state index contributed by atoms with van der Waals surface area (Å²) in [4.78, 5) is 7.07. The van der Waals surface area contributed by atoms with E-state index in [2.05, 4.69) is 9.97 Å². The van der Waals surface area contributed by atoms with Gasteiger partial charge in [-0.2, -0.15) is 23.4 Å². The first-order valence-electron chi connectivity index (χ1n) is 5.86. The van der Waals surface area contributed by atoms with Crippen molar-refractivity contribution in [1.29, 1.82) is 5.26 Å². The second-order valence-electron chi connectivity index (χ2n) is 4.41. The molecule has 1 aromatic carbocycles. The summed E-state index contributed by atoms with van der Waals surface area (Å²) in [5, 5.41) is 9.05. The molecule has 1 heterocycles. The number of nitriles is 1. The van der Waals surface area contributed by atoms with Gasteiger partial charge in [0, 0.05) is 0 Å². The summed E-state index contributed by atoms with van der Waals surface area (Å²) in [6.07, 6.45) is -4.84. The fraction of sp³-hybridized carbons (Fsp3) is 0.154. The lowest BCUT2D eigenvalue weighted by Crippen LogP contribution is -2.13. The van der Waals surface area contributed by atoms with Crippen molar-refractivity contribution in [2.45, 2.75) is 13.1 Å². The van der Waals surface area contributed by atoms with Gasteiger partial charge in [0.25, 0.3) is 0 Å². The van der Waals surface area contributed by atoms with E-state index in [1.54, 1.807) is 6.07 Å². The van der Waals surface area contributed by atoms with Crippen LogP contribution in [0.3, 0.4) is 0 Å². The number of anilines is 2. The summed E-state index contributed by atoms with van der Waals surface area (Å²) >= 11 is 0. The fourth-order valence-corrected chi connectivity index (χ4v) is 2.07. The lowest BCUT2D eigenvalue weighted by Gasteiger charge is -2.17. The van der Waals surface area contributed by atoms with Gasteiger partial charge in [-0.15, -0.1) is 0 Å². The molecule has 9 heteroatoms. The molecule has 0 saturated heterocycles. The topological polar surface area (TPSA) is 102 Å². The Bertz CT molecular complexity index is 792. The van der Waals surface area contributed by atoms with E-state index in [0.717, 1.165) is 12.1 Å². The average Bonchev–Trinajstić information content (AvgIpc) is 2.39. The van der Waals surface area contributed by atoms with Crippen molar-refractivity contribution in [2.75, 3.05) is 11.5 Å². The van der Waals surface area contributed by atoms with Gasteiger partial charge in [-0.1, -0.05) is 6.07 Å². The predicted molar refractivity (Wildman–Crippen MR) is 70.7 cm³/mol. The first-order valence-corrected chi connectivity index (χ1v) is 5.86. The Morgan fingerprint density at radius 3 is 2.36 bits per heavy atom. The second-order valence-corrected chi connectivity index (χ2v) is 4.41. The Morgan fingerprint density at radius 1 is 1.18 bits per heavy atom. The van der Waals surface area contributed by atoms with Gasteiger partial charge in [0.1, 0.15) is 23.3 Å². The molecule has 0 spiro atoms. The molecular formula is C13H9F4N5. The molecule has 114 valence electrons. The van der Waals surface area contributed by atoms with Gasteiger partial charge in [-0.05, 0) is 18.6 Å². The van der Waals surface area contributed by atoms with Gasteiger partial charge < -0.3 is 11.5 Å². The van der Waals surface area contributed by atoms with Crippen molar-refractivity contribution in [3.8, 4) is 17.3 Å². The van der Waals surface area contributed by atoms with Crippen LogP contribution in [0.15, 0.2) is 12.1 Å². The third-order valence-electron chi connectivity index (χ3n) is 2.95. The van der Waals surface area contributed by atoms with Crippen LogP contribution in [0.25, 0.3) is 11.3 Å². The zero-order valence-electron chi connectivity index (χ0n) is 11.2. The van der Waals surface area contributed by atoms with Crippen molar-refractivity contribution >= 4 is 11.8 Å². The molecule has 0 aliphatic heterocycles. The van der Waals surface area contributed by atoms with E-state index in [1.807, 2.05) is 0 Å². The first kappa shape index (κ1) is 15.5. The monoisotopic (exact) mass is 311 g/mol.